The molecule has 0 amide bonds. The van der Waals surface area contributed by atoms with Crippen molar-refractivity contribution in [1.29, 1.82) is 0 Å². The van der Waals surface area contributed by atoms with Crippen molar-refractivity contribution in [2.45, 2.75) is 52.2 Å². The fraction of sp³-hybridized carbons (Fsp3) is 0.818. The van der Waals surface area contributed by atoms with Crippen LogP contribution in [0.3, 0.4) is 0 Å². The molecule has 15 heavy (non-hydrogen) atoms. The van der Waals surface area contributed by atoms with E-state index in [0.717, 1.165) is 24.8 Å². The molecule has 0 aliphatic heterocycles. The van der Waals surface area contributed by atoms with E-state index in [2.05, 4.69) is 29.2 Å². The molecule has 1 aromatic heterocycles. The van der Waals surface area contributed by atoms with Gasteiger partial charge in [0.2, 0.25) is 0 Å². The molecule has 0 saturated heterocycles. The third kappa shape index (κ3) is 2.37. The van der Waals surface area contributed by atoms with Crippen LogP contribution < -0.4 is 5.32 Å². The van der Waals surface area contributed by atoms with Crippen molar-refractivity contribution in [1.82, 2.24) is 20.1 Å². The summed E-state index contributed by atoms with van der Waals surface area (Å²) >= 11 is 0. The summed E-state index contributed by atoms with van der Waals surface area (Å²) in [7, 11) is 0. The van der Waals surface area contributed by atoms with Crippen molar-refractivity contribution in [2.24, 2.45) is 5.92 Å². The molecular weight excluding hydrogens is 188 g/mol. The first-order valence-electron chi connectivity index (χ1n) is 5.91. The molecule has 1 aromatic rings. The predicted molar refractivity (Wildman–Crippen MR) is 59.3 cm³/mol. The first kappa shape index (κ1) is 10.6. The van der Waals surface area contributed by atoms with Crippen molar-refractivity contribution in [3.63, 3.8) is 0 Å². The second kappa shape index (κ2) is 4.75. The van der Waals surface area contributed by atoms with Crippen LogP contribution in [-0.4, -0.2) is 20.8 Å². The van der Waals surface area contributed by atoms with Crippen LogP contribution in [-0.2, 0) is 13.1 Å². The van der Waals surface area contributed by atoms with E-state index in [-0.39, 0.29) is 0 Å². The topological polar surface area (TPSA) is 42.7 Å². The predicted octanol–water partition coefficient (Wildman–Crippen LogP) is 1.58. The summed E-state index contributed by atoms with van der Waals surface area (Å²) in [5.41, 5.74) is 0. The van der Waals surface area contributed by atoms with Gasteiger partial charge in [-0.3, -0.25) is 0 Å². The SMILES string of the molecule is CCn1ncnc1CNC(C)C1CCC1. The van der Waals surface area contributed by atoms with Gasteiger partial charge in [0.25, 0.3) is 0 Å². The van der Waals surface area contributed by atoms with Gasteiger partial charge in [-0.1, -0.05) is 6.42 Å². The molecule has 0 aromatic carbocycles. The lowest BCUT2D eigenvalue weighted by molar-refractivity contribution is 0.238. The summed E-state index contributed by atoms with van der Waals surface area (Å²) in [6.45, 7) is 6.10. The van der Waals surface area contributed by atoms with E-state index < -0.39 is 0 Å². The van der Waals surface area contributed by atoms with Crippen molar-refractivity contribution in [3.05, 3.63) is 12.2 Å². The van der Waals surface area contributed by atoms with E-state index in [1.807, 2.05) is 4.68 Å². The van der Waals surface area contributed by atoms with Crippen LogP contribution in [0.2, 0.25) is 0 Å². The standard InChI is InChI=1S/C11H20N4/c1-3-15-11(13-8-14-15)7-12-9(2)10-5-4-6-10/h8-10,12H,3-7H2,1-2H3. The van der Waals surface area contributed by atoms with Crippen LogP contribution in [0.4, 0.5) is 0 Å². The van der Waals surface area contributed by atoms with Gasteiger partial charge in [-0.25, -0.2) is 9.67 Å². The molecule has 1 aliphatic rings. The Bertz CT molecular complexity index is 303. The van der Waals surface area contributed by atoms with Crippen molar-refractivity contribution in [2.75, 3.05) is 0 Å². The lowest BCUT2D eigenvalue weighted by Gasteiger charge is -2.31. The number of aryl methyl sites for hydroxylation is 1. The Hall–Kier alpha value is -0.900. The molecule has 1 heterocycles. The van der Waals surface area contributed by atoms with Crippen LogP contribution in [0, 0.1) is 5.92 Å². The fourth-order valence-electron chi connectivity index (χ4n) is 2.05. The van der Waals surface area contributed by atoms with E-state index in [4.69, 9.17) is 0 Å². The summed E-state index contributed by atoms with van der Waals surface area (Å²) in [5, 5.41) is 7.70. The lowest BCUT2D eigenvalue weighted by atomic mass is 9.80. The van der Waals surface area contributed by atoms with Gasteiger partial charge < -0.3 is 5.32 Å². The summed E-state index contributed by atoms with van der Waals surface area (Å²) < 4.78 is 1.94. The molecule has 1 N–H and O–H groups in total. The summed E-state index contributed by atoms with van der Waals surface area (Å²) in [4.78, 5) is 4.25. The molecule has 1 fully saturated rings. The number of aromatic nitrogens is 3. The van der Waals surface area contributed by atoms with Crippen molar-refractivity contribution in [3.8, 4) is 0 Å². The molecule has 0 spiro atoms. The van der Waals surface area contributed by atoms with Crippen LogP contribution >= 0.6 is 0 Å². The Labute approximate surface area is 91.1 Å². The molecule has 4 nitrogen and oxygen atoms in total. The molecule has 2 rings (SSSR count). The highest BCUT2D eigenvalue weighted by molar-refractivity contribution is 4.86. The molecular formula is C11H20N4. The number of hydrogen-bond donors (Lipinski definition) is 1. The Morgan fingerprint density at radius 2 is 2.40 bits per heavy atom. The molecule has 4 heteroatoms. The second-order valence-corrected chi connectivity index (χ2v) is 4.35. The number of rotatable bonds is 5. The van der Waals surface area contributed by atoms with Gasteiger partial charge in [-0.2, -0.15) is 5.10 Å². The Morgan fingerprint density at radius 1 is 1.60 bits per heavy atom. The monoisotopic (exact) mass is 208 g/mol. The highest BCUT2D eigenvalue weighted by Gasteiger charge is 2.23. The summed E-state index contributed by atoms with van der Waals surface area (Å²) in [6, 6.07) is 0.612. The van der Waals surface area contributed by atoms with Gasteiger partial charge in [-0.05, 0) is 32.6 Å². The van der Waals surface area contributed by atoms with Crippen molar-refractivity contribution >= 4 is 0 Å². The zero-order valence-electron chi connectivity index (χ0n) is 9.61. The van der Waals surface area contributed by atoms with E-state index >= 15 is 0 Å². The first-order chi connectivity index (χ1) is 7.31. The first-order valence-corrected chi connectivity index (χ1v) is 5.91. The van der Waals surface area contributed by atoms with Crippen LogP contribution in [0.25, 0.3) is 0 Å². The zero-order chi connectivity index (χ0) is 10.7. The van der Waals surface area contributed by atoms with Gasteiger partial charge in [0.05, 0.1) is 6.54 Å². The van der Waals surface area contributed by atoms with Crippen LogP contribution in [0.1, 0.15) is 38.9 Å². The lowest BCUT2D eigenvalue weighted by Crippen LogP contribution is -2.37. The molecule has 1 saturated carbocycles. The average Bonchev–Trinajstić information content (AvgIpc) is 2.58. The Morgan fingerprint density at radius 3 is 3.00 bits per heavy atom. The molecule has 0 bridgehead atoms. The highest BCUT2D eigenvalue weighted by Crippen LogP contribution is 2.29. The molecule has 84 valence electrons. The second-order valence-electron chi connectivity index (χ2n) is 4.35. The average molecular weight is 208 g/mol. The van der Waals surface area contributed by atoms with Gasteiger partial charge in [0, 0.05) is 12.6 Å². The number of hydrogen-bond acceptors (Lipinski definition) is 3. The fourth-order valence-corrected chi connectivity index (χ4v) is 2.05. The minimum Gasteiger partial charge on any atom is -0.307 e. The van der Waals surface area contributed by atoms with E-state index in [1.165, 1.54) is 19.3 Å². The van der Waals surface area contributed by atoms with Crippen LogP contribution in [0.5, 0.6) is 0 Å². The summed E-state index contributed by atoms with van der Waals surface area (Å²) in [5.74, 6) is 1.92. The van der Waals surface area contributed by atoms with Gasteiger partial charge in [0.1, 0.15) is 12.2 Å². The van der Waals surface area contributed by atoms with Gasteiger partial charge in [0.15, 0.2) is 0 Å². The quantitative estimate of drug-likeness (QED) is 0.799. The Kier molecular flexibility index (Phi) is 3.36. The normalized spacial score (nSPS) is 18.8. The molecule has 1 unspecified atom stereocenters. The van der Waals surface area contributed by atoms with Crippen molar-refractivity contribution < 1.29 is 0 Å². The maximum absolute atomic E-state index is 4.25. The van der Waals surface area contributed by atoms with E-state index in [1.54, 1.807) is 6.33 Å². The zero-order valence-corrected chi connectivity index (χ0v) is 9.61. The number of nitrogens with zero attached hydrogens (tertiary/aromatic N) is 3. The Balaban J connectivity index is 1.81. The molecule has 1 aliphatic carbocycles. The third-order valence-electron chi connectivity index (χ3n) is 3.43. The minimum atomic E-state index is 0.612. The minimum absolute atomic E-state index is 0.612. The molecule has 0 radical (unpaired) electrons. The maximum Gasteiger partial charge on any atom is 0.140 e. The largest absolute Gasteiger partial charge is 0.307 e. The smallest absolute Gasteiger partial charge is 0.140 e. The number of nitrogens with one attached hydrogen (secondary N) is 1. The van der Waals surface area contributed by atoms with E-state index in [0.29, 0.717) is 6.04 Å². The third-order valence-corrected chi connectivity index (χ3v) is 3.43. The maximum atomic E-state index is 4.25. The van der Waals surface area contributed by atoms with E-state index in [9.17, 15) is 0 Å². The van der Waals surface area contributed by atoms with Gasteiger partial charge in [-0.15, -0.1) is 0 Å². The van der Waals surface area contributed by atoms with Crippen LogP contribution in [0.15, 0.2) is 6.33 Å². The summed E-state index contributed by atoms with van der Waals surface area (Å²) in [6.07, 6.45) is 5.81. The van der Waals surface area contributed by atoms with Gasteiger partial charge >= 0.3 is 0 Å². The highest BCUT2D eigenvalue weighted by atomic mass is 15.3. The molecule has 1 atom stereocenters.